The van der Waals surface area contributed by atoms with Crippen LogP contribution in [-0.2, 0) is 24.9 Å². The summed E-state index contributed by atoms with van der Waals surface area (Å²) >= 11 is 0. The van der Waals surface area contributed by atoms with Crippen LogP contribution in [0.1, 0.15) is 36.0 Å². The largest absolute Gasteiger partial charge is 0.457 e. The molecular formula is C14H20N4O3. The van der Waals surface area contributed by atoms with Gasteiger partial charge in [0.25, 0.3) is 0 Å². The summed E-state index contributed by atoms with van der Waals surface area (Å²) in [7, 11) is 3.80. The number of esters is 1. The van der Waals surface area contributed by atoms with Crippen molar-refractivity contribution in [1.82, 2.24) is 19.7 Å². The molecule has 0 amide bonds. The molecule has 0 N–H and O–H groups in total. The molecular weight excluding hydrogens is 272 g/mol. The first-order valence-electron chi connectivity index (χ1n) is 6.77. The minimum absolute atomic E-state index is 0.162. The Bertz CT molecular complexity index is 603. The van der Waals surface area contributed by atoms with E-state index in [1.807, 2.05) is 19.0 Å². The molecule has 2 rings (SSSR count). The molecule has 2 aromatic rings. The van der Waals surface area contributed by atoms with Crippen LogP contribution >= 0.6 is 0 Å². The molecule has 21 heavy (non-hydrogen) atoms. The van der Waals surface area contributed by atoms with Crippen LogP contribution in [0, 0.1) is 0 Å². The van der Waals surface area contributed by atoms with Gasteiger partial charge in [-0.1, -0.05) is 0 Å². The normalized spacial score (nSPS) is 11.3. The summed E-state index contributed by atoms with van der Waals surface area (Å²) in [6, 6.07) is 3.42. The molecule has 0 saturated carbocycles. The van der Waals surface area contributed by atoms with E-state index in [4.69, 9.17) is 9.15 Å². The number of nitrogens with zero attached hydrogens (tertiary/aromatic N) is 4. The van der Waals surface area contributed by atoms with Gasteiger partial charge < -0.3 is 9.15 Å². The number of ether oxygens (including phenoxy) is 1. The molecule has 0 saturated heterocycles. The Morgan fingerprint density at radius 3 is 2.81 bits per heavy atom. The average Bonchev–Trinajstić information content (AvgIpc) is 2.99. The van der Waals surface area contributed by atoms with Crippen molar-refractivity contribution in [3.8, 4) is 0 Å². The van der Waals surface area contributed by atoms with Gasteiger partial charge in [0.1, 0.15) is 17.9 Å². The summed E-state index contributed by atoms with van der Waals surface area (Å²) in [5.74, 6) is 1.36. The first-order valence-corrected chi connectivity index (χ1v) is 6.77. The summed E-state index contributed by atoms with van der Waals surface area (Å²) in [5.41, 5.74) is 0. The Labute approximate surface area is 123 Å². The van der Waals surface area contributed by atoms with Crippen molar-refractivity contribution in [2.75, 3.05) is 7.05 Å². The van der Waals surface area contributed by atoms with Crippen LogP contribution in [0.15, 0.2) is 22.9 Å². The maximum atomic E-state index is 11.7. The lowest BCUT2D eigenvalue weighted by molar-refractivity contribution is 0.0338. The van der Waals surface area contributed by atoms with Gasteiger partial charge in [-0.05, 0) is 33.0 Å². The third-order valence-electron chi connectivity index (χ3n) is 2.85. The van der Waals surface area contributed by atoms with E-state index in [-0.39, 0.29) is 11.9 Å². The first-order chi connectivity index (χ1) is 9.95. The molecule has 7 nitrogen and oxygen atoms in total. The van der Waals surface area contributed by atoms with Gasteiger partial charge in [-0.2, -0.15) is 5.10 Å². The fourth-order valence-electron chi connectivity index (χ4n) is 1.87. The van der Waals surface area contributed by atoms with Crippen LogP contribution in [0.5, 0.6) is 0 Å². The number of hydrogen-bond donors (Lipinski definition) is 0. The van der Waals surface area contributed by atoms with E-state index >= 15 is 0 Å². The Morgan fingerprint density at radius 2 is 2.19 bits per heavy atom. The monoisotopic (exact) mass is 292 g/mol. The first kappa shape index (κ1) is 15.2. The maximum Gasteiger partial charge on any atom is 0.374 e. The fourth-order valence-corrected chi connectivity index (χ4v) is 1.87. The summed E-state index contributed by atoms with van der Waals surface area (Å²) in [4.78, 5) is 17.9. The van der Waals surface area contributed by atoms with E-state index in [1.54, 1.807) is 30.7 Å². The van der Waals surface area contributed by atoms with Crippen LogP contribution in [0.2, 0.25) is 0 Å². The van der Waals surface area contributed by atoms with Crippen LogP contribution in [0.3, 0.4) is 0 Å². The van der Waals surface area contributed by atoms with E-state index < -0.39 is 5.97 Å². The van der Waals surface area contributed by atoms with Gasteiger partial charge in [0.15, 0.2) is 0 Å². The topological polar surface area (TPSA) is 73.4 Å². The van der Waals surface area contributed by atoms with Crippen molar-refractivity contribution < 1.29 is 13.9 Å². The molecule has 0 aliphatic heterocycles. The molecule has 0 fully saturated rings. The lowest BCUT2D eigenvalue weighted by atomic mass is 10.4. The smallest absolute Gasteiger partial charge is 0.374 e. The lowest BCUT2D eigenvalue weighted by Crippen LogP contribution is -2.19. The quantitative estimate of drug-likeness (QED) is 0.753. The highest BCUT2D eigenvalue weighted by Crippen LogP contribution is 2.13. The fraction of sp³-hybridized carbons (Fsp3) is 0.500. The Hall–Kier alpha value is -2.15. The number of aromatic nitrogens is 3. The van der Waals surface area contributed by atoms with E-state index in [2.05, 4.69) is 10.1 Å². The highest BCUT2D eigenvalue weighted by atomic mass is 16.6. The van der Waals surface area contributed by atoms with Crippen molar-refractivity contribution in [3.63, 3.8) is 0 Å². The standard InChI is InChI=1S/C14H20N4O3/c1-10(2)20-14(19)12-6-5-11(21-12)7-17(3)8-13-15-9-16-18(13)4/h5-6,9-10H,7-8H2,1-4H3. The molecule has 2 aromatic heterocycles. The summed E-state index contributed by atoms with van der Waals surface area (Å²) in [6.45, 7) is 4.82. The van der Waals surface area contributed by atoms with Crippen LogP contribution < -0.4 is 0 Å². The minimum atomic E-state index is -0.438. The van der Waals surface area contributed by atoms with Crippen molar-refractivity contribution in [1.29, 1.82) is 0 Å². The SMILES string of the molecule is CC(C)OC(=O)c1ccc(CN(C)Cc2ncnn2C)o1. The third-order valence-corrected chi connectivity index (χ3v) is 2.85. The van der Waals surface area contributed by atoms with Gasteiger partial charge in [0, 0.05) is 7.05 Å². The predicted molar refractivity (Wildman–Crippen MR) is 75.4 cm³/mol. The van der Waals surface area contributed by atoms with Gasteiger partial charge in [-0.25, -0.2) is 9.78 Å². The van der Waals surface area contributed by atoms with Crippen LogP contribution in [-0.4, -0.2) is 38.8 Å². The van der Waals surface area contributed by atoms with E-state index in [0.717, 1.165) is 5.82 Å². The molecule has 0 atom stereocenters. The molecule has 0 aliphatic carbocycles. The number of furan rings is 1. The number of carbonyl (C=O) groups is 1. The second-order valence-electron chi connectivity index (χ2n) is 5.19. The number of aryl methyl sites for hydroxylation is 1. The molecule has 2 heterocycles. The predicted octanol–water partition coefficient (Wildman–Crippen LogP) is 1.61. The van der Waals surface area contributed by atoms with Crippen molar-refractivity contribution in [3.05, 3.63) is 35.8 Å². The van der Waals surface area contributed by atoms with E-state index in [9.17, 15) is 4.79 Å². The molecule has 0 aromatic carbocycles. The third kappa shape index (κ3) is 4.16. The number of carbonyl (C=O) groups excluding carboxylic acids is 1. The Morgan fingerprint density at radius 1 is 1.43 bits per heavy atom. The summed E-state index contributed by atoms with van der Waals surface area (Å²) < 4.78 is 12.3. The molecule has 0 unspecified atom stereocenters. The summed E-state index contributed by atoms with van der Waals surface area (Å²) in [5, 5.41) is 4.03. The molecule has 114 valence electrons. The molecule has 7 heteroatoms. The number of rotatable bonds is 6. The second-order valence-corrected chi connectivity index (χ2v) is 5.19. The van der Waals surface area contributed by atoms with E-state index in [1.165, 1.54) is 6.33 Å². The van der Waals surface area contributed by atoms with Crippen molar-refractivity contribution >= 4 is 5.97 Å². The Balaban J connectivity index is 1.93. The zero-order valence-electron chi connectivity index (χ0n) is 12.7. The maximum absolute atomic E-state index is 11.7. The van der Waals surface area contributed by atoms with Crippen LogP contribution in [0.25, 0.3) is 0 Å². The second kappa shape index (κ2) is 6.53. The van der Waals surface area contributed by atoms with Gasteiger partial charge in [0.05, 0.1) is 19.2 Å². The summed E-state index contributed by atoms with van der Waals surface area (Å²) in [6.07, 6.45) is 1.36. The van der Waals surface area contributed by atoms with Gasteiger partial charge in [-0.3, -0.25) is 9.58 Å². The molecule has 0 aliphatic rings. The van der Waals surface area contributed by atoms with E-state index in [0.29, 0.717) is 18.8 Å². The minimum Gasteiger partial charge on any atom is -0.457 e. The molecule has 0 bridgehead atoms. The Kier molecular flexibility index (Phi) is 4.74. The zero-order valence-corrected chi connectivity index (χ0v) is 12.7. The van der Waals surface area contributed by atoms with Gasteiger partial charge in [0.2, 0.25) is 5.76 Å². The molecule has 0 radical (unpaired) electrons. The zero-order chi connectivity index (χ0) is 15.4. The van der Waals surface area contributed by atoms with Gasteiger partial charge >= 0.3 is 5.97 Å². The molecule has 0 spiro atoms. The van der Waals surface area contributed by atoms with Crippen molar-refractivity contribution in [2.24, 2.45) is 7.05 Å². The average molecular weight is 292 g/mol. The highest BCUT2D eigenvalue weighted by Gasteiger charge is 2.15. The van der Waals surface area contributed by atoms with Gasteiger partial charge in [-0.15, -0.1) is 0 Å². The highest BCUT2D eigenvalue weighted by molar-refractivity contribution is 5.86. The van der Waals surface area contributed by atoms with Crippen LogP contribution in [0.4, 0.5) is 0 Å². The number of hydrogen-bond acceptors (Lipinski definition) is 6. The lowest BCUT2D eigenvalue weighted by Gasteiger charge is -2.14. The van der Waals surface area contributed by atoms with Crippen molar-refractivity contribution in [2.45, 2.75) is 33.0 Å².